The number of benzene rings is 2. The smallest absolute Gasteiger partial charge is 0.357 e. The number of methoxy groups -OCH3 is 1. The molecule has 0 spiro atoms. The topological polar surface area (TPSA) is 124 Å². The third-order valence-electron chi connectivity index (χ3n) is 6.73. The number of nitrogens with zero attached hydrogens (tertiary/aromatic N) is 4. The van der Waals surface area contributed by atoms with Crippen molar-refractivity contribution >= 4 is 29.5 Å². The molecule has 0 unspecified atom stereocenters. The maximum absolute atomic E-state index is 12.0. The first-order chi connectivity index (χ1) is 22.5. The monoisotopic (exact) mass is 638 g/mol. The fraction of sp³-hybridized carbons (Fsp3) is 0.176. The van der Waals surface area contributed by atoms with E-state index in [9.17, 15) is 4.79 Å². The maximum Gasteiger partial charge on any atom is 0.357 e. The second-order valence-electron chi connectivity index (χ2n) is 9.86. The molecular formula is C34H30N4O7S. The number of esters is 1. The van der Waals surface area contributed by atoms with E-state index in [1.807, 2.05) is 73.8 Å². The minimum Gasteiger partial charge on any atom is -0.493 e. The largest absolute Gasteiger partial charge is 0.493 e. The van der Waals surface area contributed by atoms with Gasteiger partial charge in [-0.1, -0.05) is 24.3 Å². The van der Waals surface area contributed by atoms with Gasteiger partial charge in [-0.25, -0.2) is 19.4 Å². The van der Waals surface area contributed by atoms with E-state index in [1.165, 1.54) is 11.3 Å². The number of furan rings is 1. The average molecular weight is 639 g/mol. The summed E-state index contributed by atoms with van der Waals surface area (Å²) >= 11 is 1.35. The number of carbonyl (C=O) groups excluding carboxylic acids is 1. The number of oxazole rings is 1. The van der Waals surface area contributed by atoms with Crippen molar-refractivity contribution in [2.24, 2.45) is 0 Å². The molecule has 0 N–H and O–H groups in total. The molecule has 6 aromatic rings. The zero-order valence-electron chi connectivity index (χ0n) is 25.3. The van der Waals surface area contributed by atoms with Crippen molar-refractivity contribution < 1.29 is 32.6 Å². The summed E-state index contributed by atoms with van der Waals surface area (Å²) in [6.07, 6.45) is 7.12. The number of aryl methyl sites for hydroxylation is 1. The Bertz CT molecular complexity index is 1940. The highest BCUT2D eigenvalue weighted by Crippen LogP contribution is 2.31. The lowest BCUT2D eigenvalue weighted by molar-refractivity contribution is 0.0520. The second kappa shape index (κ2) is 14.0. The van der Waals surface area contributed by atoms with Crippen LogP contribution in [-0.4, -0.2) is 39.4 Å². The molecule has 0 fully saturated rings. The summed E-state index contributed by atoms with van der Waals surface area (Å²) in [7, 11) is 1.58. The van der Waals surface area contributed by atoms with Crippen LogP contribution in [0.2, 0.25) is 0 Å². The van der Waals surface area contributed by atoms with Crippen molar-refractivity contribution in [3.8, 4) is 34.7 Å². The summed E-state index contributed by atoms with van der Waals surface area (Å²) in [5.41, 5.74) is 3.41. The van der Waals surface area contributed by atoms with Crippen LogP contribution in [0.15, 0.2) is 87.3 Å². The van der Waals surface area contributed by atoms with Gasteiger partial charge in [-0.15, -0.1) is 16.4 Å². The molecule has 0 saturated heterocycles. The van der Waals surface area contributed by atoms with Gasteiger partial charge in [0.2, 0.25) is 5.88 Å². The lowest BCUT2D eigenvalue weighted by Crippen LogP contribution is -2.04. The quantitative estimate of drug-likeness (QED) is 0.118. The SMILES string of the molecule is CCOC(=O)c1csc(C=Cc2cn(-c3ccccc3)nc2OCc2ccc(OCc3nc(-c4ccco4)oc3C)c(OC)c2)n1. The first-order valence-corrected chi connectivity index (χ1v) is 15.3. The third-order valence-corrected chi connectivity index (χ3v) is 7.54. The van der Waals surface area contributed by atoms with Gasteiger partial charge < -0.3 is 27.8 Å². The molecule has 0 saturated carbocycles. The van der Waals surface area contributed by atoms with E-state index < -0.39 is 5.97 Å². The number of hydrogen-bond acceptors (Lipinski definition) is 11. The predicted octanol–water partition coefficient (Wildman–Crippen LogP) is 7.40. The Morgan fingerprint density at radius 2 is 1.87 bits per heavy atom. The number of para-hydroxylation sites is 1. The molecular weight excluding hydrogens is 608 g/mol. The van der Waals surface area contributed by atoms with E-state index >= 15 is 0 Å². The number of thiazole rings is 1. The molecule has 46 heavy (non-hydrogen) atoms. The Morgan fingerprint density at radius 3 is 2.65 bits per heavy atom. The lowest BCUT2D eigenvalue weighted by atomic mass is 10.2. The summed E-state index contributed by atoms with van der Waals surface area (Å²) in [6, 6.07) is 18.9. The van der Waals surface area contributed by atoms with Crippen LogP contribution in [0.5, 0.6) is 17.4 Å². The van der Waals surface area contributed by atoms with Crippen LogP contribution in [0.4, 0.5) is 0 Å². The third kappa shape index (κ3) is 7.02. The van der Waals surface area contributed by atoms with Crippen molar-refractivity contribution in [2.45, 2.75) is 27.1 Å². The van der Waals surface area contributed by atoms with Crippen molar-refractivity contribution in [2.75, 3.05) is 13.7 Å². The van der Waals surface area contributed by atoms with Gasteiger partial charge in [-0.05, 0) is 68.0 Å². The van der Waals surface area contributed by atoms with Gasteiger partial charge in [0.25, 0.3) is 5.89 Å². The molecule has 12 heteroatoms. The fourth-order valence-corrected chi connectivity index (χ4v) is 5.10. The van der Waals surface area contributed by atoms with Crippen LogP contribution in [0, 0.1) is 6.92 Å². The highest BCUT2D eigenvalue weighted by Gasteiger charge is 2.16. The number of carbonyl (C=O) groups is 1. The minimum absolute atomic E-state index is 0.190. The molecule has 2 aromatic carbocycles. The summed E-state index contributed by atoms with van der Waals surface area (Å²) < 4.78 is 35.8. The van der Waals surface area contributed by atoms with Gasteiger partial charge in [-0.2, -0.15) is 0 Å². The number of aromatic nitrogens is 4. The summed E-state index contributed by atoms with van der Waals surface area (Å²) in [6.45, 7) is 4.29. The Balaban J connectivity index is 1.16. The molecule has 0 radical (unpaired) electrons. The number of ether oxygens (including phenoxy) is 4. The highest BCUT2D eigenvalue weighted by atomic mass is 32.1. The molecule has 0 amide bonds. The van der Waals surface area contributed by atoms with Crippen molar-refractivity contribution in [3.63, 3.8) is 0 Å². The van der Waals surface area contributed by atoms with E-state index in [0.717, 1.165) is 16.8 Å². The van der Waals surface area contributed by atoms with Gasteiger partial charge >= 0.3 is 5.97 Å². The molecule has 0 aliphatic carbocycles. The van der Waals surface area contributed by atoms with E-state index in [0.29, 0.717) is 52.1 Å². The van der Waals surface area contributed by atoms with Gasteiger partial charge in [0.1, 0.15) is 29.7 Å². The first kappa shape index (κ1) is 30.4. The van der Waals surface area contributed by atoms with E-state index in [4.69, 9.17) is 32.9 Å². The van der Waals surface area contributed by atoms with Gasteiger partial charge in [0, 0.05) is 11.6 Å². The van der Waals surface area contributed by atoms with Gasteiger partial charge in [-0.3, -0.25) is 0 Å². The van der Waals surface area contributed by atoms with Gasteiger partial charge in [0.05, 0.1) is 31.2 Å². The Morgan fingerprint density at radius 1 is 1.00 bits per heavy atom. The first-order valence-electron chi connectivity index (χ1n) is 14.4. The maximum atomic E-state index is 12.0. The summed E-state index contributed by atoms with van der Waals surface area (Å²) in [4.78, 5) is 20.9. The van der Waals surface area contributed by atoms with E-state index in [2.05, 4.69) is 9.97 Å². The second-order valence-corrected chi connectivity index (χ2v) is 10.7. The molecule has 4 heterocycles. The Kier molecular flexibility index (Phi) is 9.25. The average Bonchev–Trinajstić information content (AvgIpc) is 3.90. The van der Waals surface area contributed by atoms with Crippen LogP contribution in [0.3, 0.4) is 0 Å². The van der Waals surface area contributed by atoms with Crippen LogP contribution >= 0.6 is 11.3 Å². The molecule has 0 atom stereocenters. The minimum atomic E-state index is -0.446. The van der Waals surface area contributed by atoms with Gasteiger partial charge in [0.15, 0.2) is 23.0 Å². The molecule has 11 nitrogen and oxygen atoms in total. The Hall–Kier alpha value is -5.62. The van der Waals surface area contributed by atoms with E-state index in [1.54, 1.807) is 42.5 Å². The fourth-order valence-electron chi connectivity index (χ4n) is 4.42. The molecule has 0 bridgehead atoms. The summed E-state index contributed by atoms with van der Waals surface area (Å²) in [5.74, 6) is 2.67. The molecule has 0 aliphatic heterocycles. The van der Waals surface area contributed by atoms with Crippen molar-refractivity contribution in [1.82, 2.24) is 19.7 Å². The highest BCUT2D eigenvalue weighted by molar-refractivity contribution is 7.10. The zero-order valence-corrected chi connectivity index (χ0v) is 26.2. The molecule has 4 aromatic heterocycles. The predicted molar refractivity (Wildman–Crippen MR) is 171 cm³/mol. The zero-order chi connectivity index (χ0) is 31.9. The van der Waals surface area contributed by atoms with Crippen LogP contribution < -0.4 is 14.2 Å². The van der Waals surface area contributed by atoms with Crippen molar-refractivity contribution in [3.05, 3.63) is 112 Å². The summed E-state index contributed by atoms with van der Waals surface area (Å²) in [5, 5.41) is 7.02. The number of rotatable bonds is 13. The normalized spacial score (nSPS) is 11.2. The Labute approximate surface area is 268 Å². The molecule has 0 aliphatic rings. The van der Waals surface area contributed by atoms with Crippen LogP contribution in [0.1, 0.15) is 45.0 Å². The number of hydrogen-bond donors (Lipinski definition) is 0. The molecule has 6 rings (SSSR count). The van der Waals surface area contributed by atoms with Crippen molar-refractivity contribution in [1.29, 1.82) is 0 Å². The lowest BCUT2D eigenvalue weighted by Gasteiger charge is -2.12. The van der Waals surface area contributed by atoms with Crippen LogP contribution in [0.25, 0.3) is 29.5 Å². The van der Waals surface area contributed by atoms with E-state index in [-0.39, 0.29) is 18.9 Å². The van der Waals surface area contributed by atoms with Crippen LogP contribution in [-0.2, 0) is 18.0 Å². The molecule has 234 valence electrons. The standard InChI is InChI=1S/C34H30N4O7S/c1-4-41-34(39)27-21-46-31(35-27)15-13-24-18-38(25-9-6-5-7-10-25)37-32(24)44-19-23-12-14-28(30(17-23)40-3)43-20-26-22(2)45-33(36-26)29-11-8-16-42-29/h5-18,21H,4,19-20H2,1-3H3.